The standard InChI is InChI=1S/C17H12N2O4S/c20-16(15-6-3-9-24-15)19-18-10-11-7-8-14(23-11)12-4-1-2-5-13(12)17(21)22/h1-10H,(H,19,20)(H,21,22)/b18-10-. The molecule has 0 saturated heterocycles. The molecule has 0 radical (unpaired) electrons. The molecule has 6 nitrogen and oxygen atoms in total. The summed E-state index contributed by atoms with van der Waals surface area (Å²) in [6, 6.07) is 13.3. The Kier molecular flexibility index (Phi) is 4.53. The molecular formula is C17H12N2O4S. The van der Waals surface area contributed by atoms with E-state index in [0.717, 1.165) is 0 Å². The molecule has 0 atom stereocenters. The molecule has 0 fully saturated rings. The monoisotopic (exact) mass is 340 g/mol. The largest absolute Gasteiger partial charge is 0.478 e. The third-order valence-electron chi connectivity index (χ3n) is 3.15. The van der Waals surface area contributed by atoms with Gasteiger partial charge in [-0.1, -0.05) is 24.3 Å². The Bertz CT molecular complexity index is 897. The number of hydrogen-bond acceptors (Lipinski definition) is 5. The molecular weight excluding hydrogens is 328 g/mol. The van der Waals surface area contributed by atoms with Crippen LogP contribution in [0.2, 0.25) is 0 Å². The Morgan fingerprint density at radius 3 is 2.71 bits per heavy atom. The van der Waals surface area contributed by atoms with Gasteiger partial charge in [0.25, 0.3) is 5.91 Å². The van der Waals surface area contributed by atoms with Gasteiger partial charge in [0, 0.05) is 5.56 Å². The first-order valence-electron chi connectivity index (χ1n) is 6.94. The van der Waals surface area contributed by atoms with E-state index in [1.165, 1.54) is 23.6 Å². The molecule has 2 N–H and O–H groups in total. The molecule has 2 heterocycles. The van der Waals surface area contributed by atoms with Gasteiger partial charge in [-0.2, -0.15) is 5.10 Å². The lowest BCUT2D eigenvalue weighted by Gasteiger charge is -2.01. The second-order valence-electron chi connectivity index (χ2n) is 4.73. The van der Waals surface area contributed by atoms with E-state index < -0.39 is 5.97 Å². The van der Waals surface area contributed by atoms with Crippen molar-refractivity contribution in [2.24, 2.45) is 5.10 Å². The number of thiophene rings is 1. The molecule has 7 heteroatoms. The minimum atomic E-state index is -1.03. The summed E-state index contributed by atoms with van der Waals surface area (Å²) in [6.07, 6.45) is 1.36. The van der Waals surface area contributed by atoms with E-state index in [1.54, 1.807) is 47.8 Å². The minimum Gasteiger partial charge on any atom is -0.478 e. The summed E-state index contributed by atoms with van der Waals surface area (Å²) in [4.78, 5) is 23.5. The number of furan rings is 1. The highest BCUT2D eigenvalue weighted by Crippen LogP contribution is 2.25. The van der Waals surface area contributed by atoms with E-state index in [2.05, 4.69) is 10.5 Å². The molecule has 0 aliphatic heterocycles. The molecule has 24 heavy (non-hydrogen) atoms. The van der Waals surface area contributed by atoms with Gasteiger partial charge in [-0.3, -0.25) is 4.79 Å². The first-order chi connectivity index (χ1) is 11.6. The Hall–Kier alpha value is -3.19. The van der Waals surface area contributed by atoms with Crippen LogP contribution in [0, 0.1) is 0 Å². The number of carboxylic acid groups (broad SMARTS) is 1. The number of carbonyl (C=O) groups excluding carboxylic acids is 1. The number of nitrogens with one attached hydrogen (secondary N) is 1. The summed E-state index contributed by atoms with van der Waals surface area (Å²) in [7, 11) is 0. The highest BCUT2D eigenvalue weighted by atomic mass is 32.1. The van der Waals surface area contributed by atoms with Crippen LogP contribution in [0.3, 0.4) is 0 Å². The van der Waals surface area contributed by atoms with Crippen molar-refractivity contribution >= 4 is 29.4 Å². The minimum absolute atomic E-state index is 0.154. The first-order valence-corrected chi connectivity index (χ1v) is 7.82. The van der Waals surface area contributed by atoms with Crippen molar-refractivity contribution in [2.45, 2.75) is 0 Å². The number of amides is 1. The Balaban J connectivity index is 1.73. The van der Waals surface area contributed by atoms with E-state index in [-0.39, 0.29) is 11.5 Å². The smallest absolute Gasteiger partial charge is 0.336 e. The third-order valence-corrected chi connectivity index (χ3v) is 4.02. The van der Waals surface area contributed by atoms with E-state index in [4.69, 9.17) is 4.42 Å². The summed E-state index contributed by atoms with van der Waals surface area (Å²) >= 11 is 1.32. The van der Waals surface area contributed by atoms with Crippen LogP contribution in [-0.4, -0.2) is 23.2 Å². The zero-order chi connectivity index (χ0) is 16.9. The average Bonchev–Trinajstić information content (AvgIpc) is 3.26. The fourth-order valence-corrected chi connectivity index (χ4v) is 2.68. The number of nitrogens with zero attached hydrogens (tertiary/aromatic N) is 1. The fourth-order valence-electron chi connectivity index (χ4n) is 2.07. The number of hydrazone groups is 1. The van der Waals surface area contributed by atoms with Gasteiger partial charge >= 0.3 is 5.97 Å². The highest BCUT2D eigenvalue weighted by molar-refractivity contribution is 7.12. The molecule has 0 unspecified atom stereocenters. The maximum atomic E-state index is 11.7. The molecule has 0 bridgehead atoms. The van der Waals surface area contributed by atoms with E-state index >= 15 is 0 Å². The topological polar surface area (TPSA) is 91.9 Å². The van der Waals surface area contributed by atoms with Crippen LogP contribution >= 0.6 is 11.3 Å². The molecule has 0 spiro atoms. The molecule has 1 aromatic carbocycles. The van der Waals surface area contributed by atoms with E-state index in [0.29, 0.717) is 22.0 Å². The zero-order valence-corrected chi connectivity index (χ0v) is 13.1. The van der Waals surface area contributed by atoms with Crippen molar-refractivity contribution in [1.82, 2.24) is 5.43 Å². The Morgan fingerprint density at radius 1 is 1.12 bits per heavy atom. The van der Waals surface area contributed by atoms with Gasteiger partial charge < -0.3 is 9.52 Å². The van der Waals surface area contributed by atoms with Crippen LogP contribution in [0.1, 0.15) is 25.8 Å². The van der Waals surface area contributed by atoms with Crippen LogP contribution in [0.25, 0.3) is 11.3 Å². The van der Waals surface area contributed by atoms with Gasteiger partial charge in [-0.15, -0.1) is 11.3 Å². The van der Waals surface area contributed by atoms with Crippen LogP contribution in [0.4, 0.5) is 0 Å². The van der Waals surface area contributed by atoms with Crippen LogP contribution < -0.4 is 5.43 Å². The molecule has 3 aromatic rings. The first kappa shape index (κ1) is 15.7. The average molecular weight is 340 g/mol. The van der Waals surface area contributed by atoms with Gasteiger partial charge in [-0.25, -0.2) is 10.2 Å². The van der Waals surface area contributed by atoms with E-state index in [1.807, 2.05) is 0 Å². The summed E-state index contributed by atoms with van der Waals surface area (Å²) < 4.78 is 5.57. The molecule has 2 aromatic heterocycles. The number of hydrogen-bond donors (Lipinski definition) is 2. The van der Waals surface area contributed by atoms with Crippen LogP contribution in [0.5, 0.6) is 0 Å². The molecule has 0 saturated carbocycles. The van der Waals surface area contributed by atoms with Crippen molar-refractivity contribution in [3.8, 4) is 11.3 Å². The second-order valence-corrected chi connectivity index (χ2v) is 5.68. The predicted molar refractivity (Wildman–Crippen MR) is 90.5 cm³/mol. The van der Waals surface area contributed by atoms with Crippen molar-refractivity contribution in [3.63, 3.8) is 0 Å². The summed E-state index contributed by atoms with van der Waals surface area (Å²) in [5, 5.41) is 14.8. The Morgan fingerprint density at radius 2 is 1.96 bits per heavy atom. The third kappa shape index (κ3) is 3.41. The van der Waals surface area contributed by atoms with Gasteiger partial charge in [0.05, 0.1) is 16.7 Å². The zero-order valence-electron chi connectivity index (χ0n) is 12.3. The number of aromatic carboxylic acids is 1. The lowest BCUT2D eigenvalue weighted by Crippen LogP contribution is -2.15. The number of carbonyl (C=O) groups is 2. The fraction of sp³-hybridized carbons (Fsp3) is 0. The maximum absolute atomic E-state index is 11.7. The number of rotatable bonds is 5. The number of benzene rings is 1. The molecule has 0 aliphatic rings. The Labute approximate surface area is 141 Å². The molecule has 3 rings (SSSR count). The molecule has 1 amide bonds. The lowest BCUT2D eigenvalue weighted by molar-refractivity contribution is 0.0697. The van der Waals surface area contributed by atoms with Crippen molar-refractivity contribution in [1.29, 1.82) is 0 Å². The van der Waals surface area contributed by atoms with Crippen LogP contribution in [-0.2, 0) is 0 Å². The van der Waals surface area contributed by atoms with E-state index in [9.17, 15) is 14.7 Å². The van der Waals surface area contributed by atoms with Crippen molar-refractivity contribution in [3.05, 3.63) is 70.1 Å². The molecule has 120 valence electrons. The normalized spacial score (nSPS) is 10.8. The lowest BCUT2D eigenvalue weighted by atomic mass is 10.1. The van der Waals surface area contributed by atoms with Gasteiger partial charge in [0.1, 0.15) is 11.5 Å². The number of carboxylic acids is 1. The maximum Gasteiger partial charge on any atom is 0.336 e. The molecule has 0 aliphatic carbocycles. The second kappa shape index (κ2) is 6.93. The predicted octanol–water partition coefficient (Wildman–Crippen LogP) is 3.47. The summed E-state index contributed by atoms with van der Waals surface area (Å²) in [5.41, 5.74) is 3.03. The highest BCUT2D eigenvalue weighted by Gasteiger charge is 2.13. The van der Waals surface area contributed by atoms with Crippen LogP contribution in [0.15, 0.2) is 63.4 Å². The summed E-state index contributed by atoms with van der Waals surface area (Å²) in [6.45, 7) is 0. The quantitative estimate of drug-likeness (QED) is 0.549. The summed E-state index contributed by atoms with van der Waals surface area (Å²) in [5.74, 6) is -0.514. The van der Waals surface area contributed by atoms with Gasteiger partial charge in [-0.05, 0) is 29.6 Å². The van der Waals surface area contributed by atoms with Gasteiger partial charge in [0.15, 0.2) is 0 Å². The van der Waals surface area contributed by atoms with Crippen molar-refractivity contribution < 1.29 is 19.1 Å². The SMILES string of the molecule is O=C(N/N=C\c1ccc(-c2ccccc2C(=O)O)o1)c1cccs1. The van der Waals surface area contributed by atoms with Crippen molar-refractivity contribution in [2.75, 3.05) is 0 Å². The van der Waals surface area contributed by atoms with Gasteiger partial charge in [0.2, 0.25) is 0 Å².